The molecule has 1 aromatic heterocycles. The first-order valence-corrected chi connectivity index (χ1v) is 13.6. The van der Waals surface area contributed by atoms with E-state index in [-0.39, 0.29) is 18.1 Å². The maximum absolute atomic E-state index is 14.1. The SMILES string of the molecule is C/C(=C\c1ncc(C(O)CCCC(OC(C)C)[C@H](COC(C)(C)F)C(=O)OC(C)(C)C)nc1C)C(C)(C)C. The summed E-state index contributed by atoms with van der Waals surface area (Å²) in [7, 11) is 0. The molecule has 0 spiro atoms. The van der Waals surface area contributed by atoms with Crippen molar-refractivity contribution in [2.75, 3.05) is 6.61 Å². The van der Waals surface area contributed by atoms with Crippen LogP contribution in [0.4, 0.5) is 4.39 Å². The zero-order valence-corrected chi connectivity index (χ0v) is 25.6. The molecule has 2 unspecified atom stereocenters. The van der Waals surface area contributed by atoms with Crippen LogP contribution in [0.3, 0.4) is 0 Å². The summed E-state index contributed by atoms with van der Waals surface area (Å²) in [4.78, 5) is 22.2. The molecule has 38 heavy (non-hydrogen) atoms. The van der Waals surface area contributed by atoms with Crippen LogP contribution in [0, 0.1) is 18.3 Å². The highest BCUT2D eigenvalue weighted by Gasteiger charge is 2.35. The first kappa shape index (κ1) is 34.1. The predicted octanol–water partition coefficient (Wildman–Crippen LogP) is 6.91. The number of carbonyl (C=O) groups is 1. The van der Waals surface area contributed by atoms with Crippen LogP contribution in [0.25, 0.3) is 6.08 Å². The van der Waals surface area contributed by atoms with Crippen molar-refractivity contribution in [1.29, 1.82) is 0 Å². The number of aromatic nitrogens is 2. The van der Waals surface area contributed by atoms with Gasteiger partial charge in [0.05, 0.1) is 48.2 Å². The molecule has 1 aromatic rings. The number of nitrogens with zero attached hydrogens (tertiary/aromatic N) is 2. The van der Waals surface area contributed by atoms with Gasteiger partial charge in [-0.2, -0.15) is 0 Å². The molecule has 0 radical (unpaired) electrons. The first-order valence-electron chi connectivity index (χ1n) is 13.6. The van der Waals surface area contributed by atoms with Crippen LogP contribution in [0.1, 0.15) is 119 Å². The Labute approximate surface area is 229 Å². The molecule has 0 aliphatic heterocycles. The van der Waals surface area contributed by atoms with E-state index >= 15 is 0 Å². The second-order valence-electron chi connectivity index (χ2n) is 12.8. The standard InChI is InChI=1S/C30H51FN2O5/c1-19(2)37-26(22(18-36-30(11,12)31)27(35)38-29(8,9)10)15-13-14-25(34)24-17-32-23(21(4)33-24)16-20(3)28(5,6)7/h16-17,19,22,25-26,34H,13-15,18H2,1-12H3/b20-16+/t22-,25?,26?/m0/s1. The van der Waals surface area contributed by atoms with Crippen molar-refractivity contribution in [1.82, 2.24) is 9.97 Å². The molecule has 0 aromatic carbocycles. The van der Waals surface area contributed by atoms with Crippen molar-refractivity contribution in [2.45, 2.75) is 132 Å². The molecule has 1 heterocycles. The van der Waals surface area contributed by atoms with Gasteiger partial charge in [-0.1, -0.05) is 26.3 Å². The number of alkyl halides is 1. The van der Waals surface area contributed by atoms with Crippen LogP contribution < -0.4 is 0 Å². The van der Waals surface area contributed by atoms with E-state index in [0.29, 0.717) is 25.0 Å². The number of aryl methyl sites for hydroxylation is 1. The highest BCUT2D eigenvalue weighted by atomic mass is 19.2. The van der Waals surface area contributed by atoms with Crippen molar-refractivity contribution in [3.05, 3.63) is 28.9 Å². The lowest BCUT2D eigenvalue weighted by Crippen LogP contribution is -2.41. The number of aliphatic hydroxyl groups excluding tert-OH is 1. The number of esters is 1. The highest BCUT2D eigenvalue weighted by molar-refractivity contribution is 5.73. The smallest absolute Gasteiger partial charge is 0.314 e. The average molecular weight is 539 g/mol. The minimum Gasteiger partial charge on any atom is -0.460 e. The molecule has 218 valence electrons. The van der Waals surface area contributed by atoms with E-state index in [9.17, 15) is 14.3 Å². The van der Waals surface area contributed by atoms with E-state index < -0.39 is 35.6 Å². The van der Waals surface area contributed by atoms with Crippen molar-refractivity contribution >= 4 is 12.0 Å². The number of hydrogen-bond acceptors (Lipinski definition) is 7. The summed E-state index contributed by atoms with van der Waals surface area (Å²) < 4.78 is 31.2. The predicted molar refractivity (Wildman–Crippen MR) is 149 cm³/mol. The number of ether oxygens (including phenoxy) is 3. The van der Waals surface area contributed by atoms with Crippen LogP contribution in [0.2, 0.25) is 0 Å². The Bertz CT molecular complexity index is 926. The van der Waals surface area contributed by atoms with Gasteiger partial charge in [-0.25, -0.2) is 4.39 Å². The molecule has 0 bridgehead atoms. The Balaban J connectivity index is 3.00. The zero-order valence-electron chi connectivity index (χ0n) is 25.6. The fourth-order valence-corrected chi connectivity index (χ4v) is 3.60. The van der Waals surface area contributed by atoms with Crippen molar-refractivity contribution in [3.8, 4) is 0 Å². The summed E-state index contributed by atoms with van der Waals surface area (Å²) in [5, 5.41) is 10.8. The highest BCUT2D eigenvalue weighted by Crippen LogP contribution is 2.28. The third kappa shape index (κ3) is 12.8. The summed E-state index contributed by atoms with van der Waals surface area (Å²) in [6, 6.07) is 0. The van der Waals surface area contributed by atoms with Crippen LogP contribution in [0.15, 0.2) is 11.8 Å². The van der Waals surface area contributed by atoms with Gasteiger partial charge in [0.25, 0.3) is 0 Å². The number of hydrogen-bond donors (Lipinski definition) is 1. The Kier molecular flexibility index (Phi) is 12.5. The van der Waals surface area contributed by atoms with Gasteiger partial charge >= 0.3 is 5.97 Å². The second kappa shape index (κ2) is 13.9. The number of rotatable bonds is 13. The monoisotopic (exact) mass is 538 g/mol. The lowest BCUT2D eigenvalue weighted by atomic mass is 9.87. The summed E-state index contributed by atoms with van der Waals surface area (Å²) in [6.45, 7) is 21.9. The number of aliphatic hydroxyl groups is 1. The molecule has 0 fully saturated rings. The lowest BCUT2D eigenvalue weighted by Gasteiger charge is -2.31. The van der Waals surface area contributed by atoms with E-state index in [1.165, 1.54) is 19.4 Å². The van der Waals surface area contributed by atoms with Gasteiger partial charge in [0.1, 0.15) is 11.5 Å². The summed E-state index contributed by atoms with van der Waals surface area (Å²) >= 11 is 0. The van der Waals surface area contributed by atoms with Crippen LogP contribution in [-0.4, -0.2) is 51.3 Å². The minimum absolute atomic E-state index is 0.0308. The normalized spacial score (nSPS) is 15.9. The quantitative estimate of drug-likeness (QED) is 0.273. The fourth-order valence-electron chi connectivity index (χ4n) is 3.60. The second-order valence-corrected chi connectivity index (χ2v) is 12.8. The van der Waals surface area contributed by atoms with Crippen LogP contribution in [-0.2, 0) is 19.0 Å². The largest absolute Gasteiger partial charge is 0.460 e. The maximum atomic E-state index is 14.1. The van der Waals surface area contributed by atoms with Gasteiger partial charge in [-0.15, -0.1) is 0 Å². The third-order valence-corrected chi connectivity index (χ3v) is 6.06. The van der Waals surface area contributed by atoms with Crippen molar-refractivity contribution in [3.63, 3.8) is 0 Å². The molecule has 0 saturated heterocycles. The Morgan fingerprint density at radius 3 is 2.18 bits per heavy atom. The van der Waals surface area contributed by atoms with Gasteiger partial charge in [0.15, 0.2) is 0 Å². The molecular weight excluding hydrogens is 487 g/mol. The molecule has 0 amide bonds. The summed E-state index contributed by atoms with van der Waals surface area (Å²) in [6.07, 6.45) is 3.49. The molecule has 0 aliphatic carbocycles. The molecule has 8 heteroatoms. The third-order valence-electron chi connectivity index (χ3n) is 6.06. The van der Waals surface area contributed by atoms with Gasteiger partial charge in [-0.05, 0) is 93.1 Å². The van der Waals surface area contributed by atoms with Gasteiger partial charge in [-0.3, -0.25) is 14.8 Å². The average Bonchev–Trinajstić information content (AvgIpc) is 2.71. The number of halogens is 1. The molecule has 7 nitrogen and oxygen atoms in total. The van der Waals surface area contributed by atoms with E-state index in [1.54, 1.807) is 27.0 Å². The van der Waals surface area contributed by atoms with Crippen LogP contribution in [0.5, 0.6) is 0 Å². The zero-order chi connectivity index (χ0) is 29.5. The van der Waals surface area contributed by atoms with Gasteiger partial charge < -0.3 is 19.3 Å². The molecule has 0 saturated carbocycles. The Morgan fingerprint density at radius 1 is 1.11 bits per heavy atom. The van der Waals surface area contributed by atoms with E-state index in [2.05, 4.69) is 37.7 Å². The maximum Gasteiger partial charge on any atom is 0.314 e. The minimum atomic E-state index is -1.90. The Morgan fingerprint density at radius 2 is 1.71 bits per heavy atom. The van der Waals surface area contributed by atoms with Crippen molar-refractivity contribution in [2.24, 2.45) is 11.3 Å². The first-order chi connectivity index (χ1) is 17.2. The number of allylic oxidation sites excluding steroid dienone is 1. The van der Waals surface area contributed by atoms with Crippen LogP contribution >= 0.6 is 0 Å². The van der Waals surface area contributed by atoms with E-state index in [1.807, 2.05) is 26.8 Å². The van der Waals surface area contributed by atoms with Gasteiger partial charge in [0, 0.05) is 0 Å². The fraction of sp³-hybridized carbons (Fsp3) is 0.767. The molecule has 0 aliphatic rings. The Hall–Kier alpha value is -1.90. The number of carbonyl (C=O) groups excluding carboxylic acids is 1. The summed E-state index contributed by atoms with van der Waals surface area (Å²) in [5.41, 5.74) is 2.56. The van der Waals surface area contributed by atoms with Gasteiger partial charge in [0.2, 0.25) is 5.85 Å². The van der Waals surface area contributed by atoms with Crippen molar-refractivity contribution < 1.29 is 28.5 Å². The summed E-state index contributed by atoms with van der Waals surface area (Å²) in [5.74, 6) is -3.21. The molecule has 3 atom stereocenters. The molecular formula is C30H51FN2O5. The van der Waals surface area contributed by atoms with E-state index in [0.717, 1.165) is 11.4 Å². The molecule has 1 N–H and O–H groups in total. The molecule has 1 rings (SSSR count). The van der Waals surface area contributed by atoms with E-state index in [4.69, 9.17) is 14.2 Å². The lowest BCUT2D eigenvalue weighted by molar-refractivity contribution is -0.183. The topological polar surface area (TPSA) is 90.8 Å².